The van der Waals surface area contributed by atoms with E-state index in [2.05, 4.69) is 32.7 Å². The Morgan fingerprint density at radius 2 is 2.38 bits per heavy atom. The molecule has 2 heterocycles. The van der Waals surface area contributed by atoms with Crippen LogP contribution >= 0.6 is 34.2 Å². The molecule has 2 aromatic rings. The Labute approximate surface area is 94.3 Å². The normalized spacial score (nSPS) is 11.0. The number of hydrogen-bond donors (Lipinski definition) is 0. The molecule has 3 nitrogen and oxygen atoms in total. The van der Waals surface area contributed by atoms with Crippen molar-refractivity contribution in [1.82, 2.24) is 14.6 Å². The van der Waals surface area contributed by atoms with E-state index in [9.17, 15) is 0 Å². The van der Waals surface area contributed by atoms with Crippen molar-refractivity contribution in [1.29, 1.82) is 0 Å². The van der Waals surface area contributed by atoms with Gasteiger partial charge < -0.3 is 0 Å². The molecule has 0 aliphatic carbocycles. The van der Waals surface area contributed by atoms with E-state index >= 15 is 0 Å². The Morgan fingerprint density at radius 3 is 3.08 bits per heavy atom. The van der Waals surface area contributed by atoms with Gasteiger partial charge in [-0.1, -0.05) is 18.5 Å². The molecule has 0 saturated heterocycles. The van der Waals surface area contributed by atoms with Crippen LogP contribution in [0.15, 0.2) is 12.3 Å². The number of hydrogen-bond acceptors (Lipinski definition) is 2. The van der Waals surface area contributed by atoms with Crippen LogP contribution in [-0.2, 0) is 6.42 Å². The van der Waals surface area contributed by atoms with Crippen molar-refractivity contribution >= 4 is 39.8 Å². The summed E-state index contributed by atoms with van der Waals surface area (Å²) in [6, 6.07) is 1.92. The van der Waals surface area contributed by atoms with Crippen LogP contribution in [0.25, 0.3) is 5.65 Å². The highest BCUT2D eigenvalue weighted by atomic mass is 127. The lowest BCUT2D eigenvalue weighted by Gasteiger charge is -1.95. The van der Waals surface area contributed by atoms with Gasteiger partial charge in [0, 0.05) is 16.2 Å². The van der Waals surface area contributed by atoms with E-state index in [-0.39, 0.29) is 0 Å². The molecule has 0 unspecified atom stereocenters. The van der Waals surface area contributed by atoms with Gasteiger partial charge in [0.25, 0.3) is 0 Å². The molecule has 0 aliphatic heterocycles. The van der Waals surface area contributed by atoms with Crippen LogP contribution in [0.4, 0.5) is 0 Å². The smallest absolute Gasteiger partial charge is 0.175 e. The van der Waals surface area contributed by atoms with Crippen molar-refractivity contribution in [3.63, 3.8) is 0 Å². The third kappa shape index (κ3) is 1.52. The lowest BCUT2D eigenvalue weighted by molar-refractivity contribution is 0.885. The average molecular weight is 308 g/mol. The van der Waals surface area contributed by atoms with Crippen molar-refractivity contribution in [2.45, 2.75) is 13.3 Å². The van der Waals surface area contributed by atoms with Gasteiger partial charge in [-0.25, -0.2) is 9.50 Å². The molecule has 2 aromatic heterocycles. The van der Waals surface area contributed by atoms with E-state index < -0.39 is 0 Å². The molecule has 5 heteroatoms. The molecular formula is C8H7ClIN3. The summed E-state index contributed by atoms with van der Waals surface area (Å²) >= 11 is 8.25. The van der Waals surface area contributed by atoms with Crippen molar-refractivity contribution < 1.29 is 0 Å². The molecule has 0 radical (unpaired) electrons. The zero-order valence-corrected chi connectivity index (χ0v) is 9.87. The molecule has 0 spiro atoms. The highest BCUT2D eigenvalue weighted by molar-refractivity contribution is 14.1. The first-order chi connectivity index (χ1) is 6.22. The standard InChI is InChI=1S/C8H7ClIN3/c1-2-6-11-8-7(9)5(10)3-4-13(8)12-6/h3-4H,2H2,1H3. The number of aromatic nitrogens is 3. The maximum atomic E-state index is 6.07. The second-order valence-electron chi connectivity index (χ2n) is 2.63. The van der Waals surface area contributed by atoms with Crippen LogP contribution in [-0.4, -0.2) is 14.6 Å². The second-order valence-corrected chi connectivity index (χ2v) is 4.17. The molecule has 68 valence electrons. The number of rotatable bonds is 1. The molecule has 0 fully saturated rings. The minimum atomic E-state index is 0.676. The van der Waals surface area contributed by atoms with Crippen molar-refractivity contribution in [2.75, 3.05) is 0 Å². The van der Waals surface area contributed by atoms with Gasteiger partial charge in [0.15, 0.2) is 11.5 Å². The van der Waals surface area contributed by atoms with E-state index in [0.717, 1.165) is 21.5 Å². The summed E-state index contributed by atoms with van der Waals surface area (Å²) in [7, 11) is 0. The minimum absolute atomic E-state index is 0.676. The summed E-state index contributed by atoms with van der Waals surface area (Å²) in [6.07, 6.45) is 2.70. The number of halogens is 2. The Bertz CT molecular complexity index is 452. The van der Waals surface area contributed by atoms with Crippen molar-refractivity contribution in [3.05, 3.63) is 26.7 Å². The number of pyridine rings is 1. The van der Waals surface area contributed by atoms with E-state index in [1.165, 1.54) is 0 Å². The second kappa shape index (κ2) is 3.42. The Kier molecular flexibility index (Phi) is 2.42. The highest BCUT2D eigenvalue weighted by Crippen LogP contribution is 2.22. The van der Waals surface area contributed by atoms with E-state index in [1.54, 1.807) is 4.52 Å². The van der Waals surface area contributed by atoms with Gasteiger partial charge in [-0.2, -0.15) is 5.10 Å². The van der Waals surface area contributed by atoms with Gasteiger partial charge in [0.1, 0.15) is 0 Å². The third-order valence-electron chi connectivity index (χ3n) is 1.76. The van der Waals surface area contributed by atoms with Crippen LogP contribution in [0.3, 0.4) is 0 Å². The quantitative estimate of drug-likeness (QED) is 0.758. The van der Waals surface area contributed by atoms with Crippen molar-refractivity contribution in [3.8, 4) is 0 Å². The van der Waals surface area contributed by atoms with Gasteiger partial charge in [-0.05, 0) is 28.7 Å². The average Bonchev–Trinajstić information content (AvgIpc) is 2.55. The SMILES string of the molecule is CCc1nc2c(Cl)c(I)ccn2n1. The van der Waals surface area contributed by atoms with Crippen LogP contribution < -0.4 is 0 Å². The molecule has 0 aliphatic rings. The monoisotopic (exact) mass is 307 g/mol. The largest absolute Gasteiger partial charge is 0.219 e. The van der Waals surface area contributed by atoms with Crippen molar-refractivity contribution in [2.24, 2.45) is 0 Å². The van der Waals surface area contributed by atoms with Crippen LogP contribution in [0.5, 0.6) is 0 Å². The predicted octanol–water partition coefficient (Wildman–Crippen LogP) is 2.55. The predicted molar refractivity (Wildman–Crippen MR) is 60.1 cm³/mol. The number of aryl methyl sites for hydroxylation is 1. The zero-order chi connectivity index (χ0) is 9.42. The molecule has 0 amide bonds. The molecule has 13 heavy (non-hydrogen) atoms. The Morgan fingerprint density at radius 1 is 1.62 bits per heavy atom. The van der Waals surface area contributed by atoms with Gasteiger partial charge >= 0.3 is 0 Å². The topological polar surface area (TPSA) is 30.2 Å². The molecule has 0 atom stereocenters. The van der Waals surface area contributed by atoms with Gasteiger partial charge in [0.05, 0.1) is 5.02 Å². The van der Waals surface area contributed by atoms with Crippen LogP contribution in [0.1, 0.15) is 12.7 Å². The molecule has 2 rings (SSSR count). The van der Waals surface area contributed by atoms with Crippen LogP contribution in [0.2, 0.25) is 5.02 Å². The number of fused-ring (bicyclic) bond motifs is 1. The summed E-state index contributed by atoms with van der Waals surface area (Å²) in [4.78, 5) is 4.31. The first kappa shape index (κ1) is 9.21. The molecule has 0 saturated carbocycles. The van der Waals surface area contributed by atoms with E-state index in [4.69, 9.17) is 11.6 Å². The fraction of sp³-hybridized carbons (Fsp3) is 0.250. The number of nitrogens with zero attached hydrogens (tertiary/aromatic N) is 3. The minimum Gasteiger partial charge on any atom is -0.219 e. The Balaban J connectivity index is 2.76. The van der Waals surface area contributed by atoms with E-state index in [0.29, 0.717) is 5.02 Å². The lowest BCUT2D eigenvalue weighted by atomic mass is 10.4. The van der Waals surface area contributed by atoms with Gasteiger partial charge in [-0.3, -0.25) is 0 Å². The van der Waals surface area contributed by atoms with E-state index in [1.807, 2.05) is 19.2 Å². The maximum Gasteiger partial charge on any atom is 0.175 e. The summed E-state index contributed by atoms with van der Waals surface area (Å²) in [6.45, 7) is 2.02. The lowest BCUT2D eigenvalue weighted by Crippen LogP contribution is -1.89. The summed E-state index contributed by atoms with van der Waals surface area (Å²) < 4.78 is 2.71. The molecule has 0 bridgehead atoms. The fourth-order valence-corrected chi connectivity index (χ4v) is 1.68. The highest BCUT2D eigenvalue weighted by Gasteiger charge is 2.07. The molecule has 0 N–H and O–H groups in total. The summed E-state index contributed by atoms with van der Waals surface area (Å²) in [5.41, 5.74) is 0.741. The summed E-state index contributed by atoms with van der Waals surface area (Å²) in [5.74, 6) is 0.823. The maximum absolute atomic E-state index is 6.07. The first-order valence-corrected chi connectivity index (χ1v) is 5.37. The zero-order valence-electron chi connectivity index (χ0n) is 6.96. The Hall–Kier alpha value is -0.360. The summed E-state index contributed by atoms with van der Waals surface area (Å²) in [5, 5.41) is 4.93. The van der Waals surface area contributed by atoms with Gasteiger partial charge in [-0.15, -0.1) is 0 Å². The van der Waals surface area contributed by atoms with Gasteiger partial charge in [0.2, 0.25) is 0 Å². The third-order valence-corrected chi connectivity index (χ3v) is 3.35. The molecule has 0 aromatic carbocycles. The fourth-order valence-electron chi connectivity index (χ4n) is 1.09. The van der Waals surface area contributed by atoms with Crippen LogP contribution in [0, 0.1) is 3.57 Å². The first-order valence-electron chi connectivity index (χ1n) is 3.91. The molecular weight excluding hydrogens is 300 g/mol.